The Morgan fingerprint density at radius 1 is 1.11 bits per heavy atom. The molecule has 2 heteroatoms. The van der Waals surface area contributed by atoms with Crippen molar-refractivity contribution in [3.63, 3.8) is 0 Å². The van der Waals surface area contributed by atoms with E-state index in [1.54, 1.807) is 6.08 Å². The molecule has 3 rings (SSSR count). The van der Waals surface area contributed by atoms with Gasteiger partial charge < -0.3 is 0 Å². The number of aryl methyl sites for hydroxylation is 1. The zero-order valence-electron chi connectivity index (χ0n) is 10.8. The van der Waals surface area contributed by atoms with Crippen molar-refractivity contribution >= 4 is 11.6 Å². The van der Waals surface area contributed by atoms with Gasteiger partial charge in [-0.3, -0.25) is 9.59 Å². The van der Waals surface area contributed by atoms with E-state index in [4.69, 9.17) is 0 Å². The van der Waals surface area contributed by atoms with E-state index in [1.807, 2.05) is 43.4 Å². The van der Waals surface area contributed by atoms with Crippen LogP contribution in [-0.4, -0.2) is 11.6 Å². The lowest BCUT2D eigenvalue weighted by molar-refractivity contribution is -0.115. The largest absolute Gasteiger partial charge is 0.294 e. The topological polar surface area (TPSA) is 34.1 Å². The first-order chi connectivity index (χ1) is 9.16. The van der Waals surface area contributed by atoms with Crippen LogP contribution in [0.15, 0.2) is 53.6 Å². The van der Waals surface area contributed by atoms with Crippen LogP contribution < -0.4 is 0 Å². The third-order valence-corrected chi connectivity index (χ3v) is 3.60. The predicted molar refractivity (Wildman–Crippen MR) is 74.1 cm³/mol. The quantitative estimate of drug-likeness (QED) is 0.709. The molecule has 1 aromatic carbocycles. The number of rotatable bonds is 0. The number of fused-ring (bicyclic) bond motifs is 1. The van der Waals surface area contributed by atoms with Gasteiger partial charge in [0.15, 0.2) is 11.6 Å². The van der Waals surface area contributed by atoms with Crippen LogP contribution in [0.25, 0.3) is 0 Å². The fraction of sp³-hybridized carbons (Fsp3) is 0.176. The van der Waals surface area contributed by atoms with Gasteiger partial charge in [0.2, 0.25) is 0 Å². The highest BCUT2D eigenvalue weighted by Gasteiger charge is 2.26. The minimum Gasteiger partial charge on any atom is -0.294 e. The molecular formula is C17H14O2. The summed E-state index contributed by atoms with van der Waals surface area (Å²) in [7, 11) is 0. The molecule has 94 valence electrons. The zero-order chi connectivity index (χ0) is 13.4. The van der Waals surface area contributed by atoms with Crippen LogP contribution in [0.1, 0.15) is 27.9 Å². The van der Waals surface area contributed by atoms with Gasteiger partial charge in [0.05, 0.1) is 0 Å². The van der Waals surface area contributed by atoms with Gasteiger partial charge in [0.25, 0.3) is 0 Å². The summed E-state index contributed by atoms with van der Waals surface area (Å²) in [6, 6.07) is 5.73. The summed E-state index contributed by atoms with van der Waals surface area (Å²) in [4.78, 5) is 24.9. The number of allylic oxidation sites excluding steroid dienone is 6. The lowest BCUT2D eigenvalue weighted by Crippen LogP contribution is -2.07. The van der Waals surface area contributed by atoms with Gasteiger partial charge in [-0.05, 0) is 25.0 Å². The number of carbonyl (C=O) groups is 2. The number of hydrogen-bond acceptors (Lipinski definition) is 2. The van der Waals surface area contributed by atoms with Crippen molar-refractivity contribution < 1.29 is 9.59 Å². The molecule has 19 heavy (non-hydrogen) atoms. The lowest BCUT2D eigenvalue weighted by Gasteiger charge is -2.06. The third-order valence-electron chi connectivity index (χ3n) is 3.60. The van der Waals surface area contributed by atoms with E-state index in [9.17, 15) is 9.59 Å². The Kier molecular flexibility index (Phi) is 2.79. The minimum absolute atomic E-state index is 0.0282. The van der Waals surface area contributed by atoms with Gasteiger partial charge in [0.1, 0.15) is 0 Å². The number of ketones is 2. The molecule has 0 atom stereocenters. The van der Waals surface area contributed by atoms with Crippen molar-refractivity contribution in [3.05, 3.63) is 70.3 Å². The summed E-state index contributed by atoms with van der Waals surface area (Å²) in [6.07, 6.45) is 8.25. The lowest BCUT2D eigenvalue weighted by atomic mass is 9.96. The number of benzene rings is 1. The second-order valence-corrected chi connectivity index (χ2v) is 4.97. The Morgan fingerprint density at radius 2 is 1.95 bits per heavy atom. The summed E-state index contributed by atoms with van der Waals surface area (Å²) < 4.78 is 0. The van der Waals surface area contributed by atoms with Crippen molar-refractivity contribution in [3.8, 4) is 0 Å². The number of carbonyl (C=O) groups excluding carboxylic acids is 2. The molecule has 2 aliphatic rings. The van der Waals surface area contributed by atoms with E-state index < -0.39 is 0 Å². The molecule has 0 radical (unpaired) electrons. The Balaban J connectivity index is 2.22. The Morgan fingerprint density at radius 3 is 2.79 bits per heavy atom. The first-order valence-electron chi connectivity index (χ1n) is 6.40. The van der Waals surface area contributed by atoms with E-state index in [0.717, 1.165) is 11.1 Å². The highest BCUT2D eigenvalue weighted by atomic mass is 16.1. The molecule has 0 aromatic heterocycles. The van der Waals surface area contributed by atoms with Crippen LogP contribution >= 0.6 is 0 Å². The molecule has 2 aliphatic carbocycles. The summed E-state index contributed by atoms with van der Waals surface area (Å²) in [5.74, 6) is 0.0293. The molecule has 0 unspecified atom stereocenters. The summed E-state index contributed by atoms with van der Waals surface area (Å²) in [5, 5.41) is 0. The molecule has 0 bridgehead atoms. The van der Waals surface area contributed by atoms with Crippen LogP contribution in [0.5, 0.6) is 0 Å². The second kappa shape index (κ2) is 4.47. The highest BCUT2D eigenvalue weighted by Crippen LogP contribution is 2.28. The molecule has 0 heterocycles. The molecule has 2 nitrogen and oxygen atoms in total. The van der Waals surface area contributed by atoms with Gasteiger partial charge in [-0.1, -0.05) is 42.0 Å². The Hall–Kier alpha value is -2.22. The molecule has 0 amide bonds. The van der Waals surface area contributed by atoms with Gasteiger partial charge in [-0.2, -0.15) is 0 Å². The normalized spacial score (nSPS) is 17.9. The van der Waals surface area contributed by atoms with Gasteiger partial charge in [0, 0.05) is 23.1 Å². The molecule has 0 spiro atoms. The fourth-order valence-electron chi connectivity index (χ4n) is 2.58. The maximum atomic E-state index is 12.6. The van der Waals surface area contributed by atoms with E-state index in [1.165, 1.54) is 0 Å². The van der Waals surface area contributed by atoms with Gasteiger partial charge >= 0.3 is 0 Å². The minimum atomic E-state index is -0.0282. The molecule has 0 N–H and O–H groups in total. The summed E-state index contributed by atoms with van der Waals surface area (Å²) >= 11 is 0. The SMILES string of the molecule is Cc1ccc2c(c1)C(=O)C1=C(CC=CC=C1)C(=O)C2. The first-order valence-corrected chi connectivity index (χ1v) is 6.40. The molecule has 0 aliphatic heterocycles. The second-order valence-electron chi connectivity index (χ2n) is 4.97. The molecular weight excluding hydrogens is 236 g/mol. The monoisotopic (exact) mass is 250 g/mol. The van der Waals surface area contributed by atoms with Crippen LogP contribution in [0.3, 0.4) is 0 Å². The third kappa shape index (κ3) is 1.99. The van der Waals surface area contributed by atoms with Crippen LogP contribution in [0.2, 0.25) is 0 Å². The van der Waals surface area contributed by atoms with Crippen molar-refractivity contribution in [2.24, 2.45) is 0 Å². The summed E-state index contributed by atoms with van der Waals surface area (Å²) in [6.45, 7) is 1.96. The van der Waals surface area contributed by atoms with E-state index in [2.05, 4.69) is 0 Å². The highest BCUT2D eigenvalue weighted by molar-refractivity contribution is 6.19. The maximum absolute atomic E-state index is 12.6. The van der Waals surface area contributed by atoms with E-state index in [-0.39, 0.29) is 11.6 Å². The van der Waals surface area contributed by atoms with Gasteiger partial charge in [-0.15, -0.1) is 0 Å². The van der Waals surface area contributed by atoms with Crippen LogP contribution in [0.4, 0.5) is 0 Å². The predicted octanol–water partition coefficient (Wildman–Crippen LogP) is 3.12. The zero-order valence-corrected chi connectivity index (χ0v) is 10.8. The van der Waals surface area contributed by atoms with Crippen molar-refractivity contribution in [1.82, 2.24) is 0 Å². The standard InChI is InChI=1S/C17H14O2/c1-11-7-8-12-10-16(18)13-5-3-2-4-6-14(13)17(19)15(12)9-11/h2-4,6-9H,5,10H2,1H3. The smallest absolute Gasteiger partial charge is 0.193 e. The van der Waals surface area contributed by atoms with Crippen molar-refractivity contribution in [2.45, 2.75) is 19.8 Å². The van der Waals surface area contributed by atoms with Gasteiger partial charge in [-0.25, -0.2) is 0 Å². The average molecular weight is 250 g/mol. The van der Waals surface area contributed by atoms with Crippen molar-refractivity contribution in [1.29, 1.82) is 0 Å². The average Bonchev–Trinajstić information content (AvgIpc) is 2.68. The van der Waals surface area contributed by atoms with E-state index in [0.29, 0.717) is 29.6 Å². The fourth-order valence-corrected chi connectivity index (χ4v) is 2.58. The number of Topliss-reactive ketones (excluding diaryl/α,β-unsaturated/α-hetero) is 2. The van der Waals surface area contributed by atoms with Crippen LogP contribution in [-0.2, 0) is 11.2 Å². The number of hydrogen-bond donors (Lipinski definition) is 0. The molecule has 0 fully saturated rings. The molecule has 0 saturated carbocycles. The maximum Gasteiger partial charge on any atom is 0.193 e. The van der Waals surface area contributed by atoms with E-state index >= 15 is 0 Å². The summed E-state index contributed by atoms with van der Waals surface area (Å²) in [5.41, 5.74) is 3.75. The Labute approximate surface area is 112 Å². The molecule has 0 saturated heterocycles. The van der Waals surface area contributed by atoms with Crippen molar-refractivity contribution in [2.75, 3.05) is 0 Å². The van der Waals surface area contributed by atoms with Crippen LogP contribution in [0, 0.1) is 6.92 Å². The first kappa shape index (κ1) is 11.8. The Bertz CT molecular complexity index is 673. The molecule has 1 aromatic rings.